The molecule has 0 bridgehead atoms. The monoisotopic (exact) mass is 170 g/mol. The molecule has 0 aliphatic heterocycles. The van der Waals surface area contributed by atoms with Gasteiger partial charge < -0.3 is 9.84 Å². The Hall–Kier alpha value is -0.340. The van der Waals surface area contributed by atoms with Crippen LogP contribution in [0.5, 0.6) is 0 Å². The van der Waals surface area contributed by atoms with E-state index in [4.69, 9.17) is 4.74 Å². The van der Waals surface area contributed by atoms with E-state index in [-0.39, 0.29) is 6.10 Å². The quantitative estimate of drug-likeness (QED) is 0.655. The van der Waals surface area contributed by atoms with Crippen LogP contribution in [-0.2, 0) is 4.74 Å². The first-order valence-corrected chi connectivity index (χ1v) is 4.73. The molecule has 0 spiro atoms. The molecule has 1 saturated carbocycles. The lowest BCUT2D eigenvalue weighted by atomic mass is 9.95. The smallest absolute Gasteiger partial charge is 0.0651 e. The molecule has 1 aliphatic carbocycles. The summed E-state index contributed by atoms with van der Waals surface area (Å²) in [7, 11) is 0. The van der Waals surface area contributed by atoms with Crippen LogP contribution in [0.25, 0.3) is 0 Å². The molecule has 1 rings (SSSR count). The normalized spacial score (nSPS) is 31.2. The van der Waals surface area contributed by atoms with Gasteiger partial charge in [-0.2, -0.15) is 0 Å². The van der Waals surface area contributed by atoms with Crippen molar-refractivity contribution in [1.82, 2.24) is 0 Å². The van der Waals surface area contributed by atoms with E-state index in [1.54, 1.807) is 0 Å². The Kier molecular flexibility index (Phi) is 4.33. The summed E-state index contributed by atoms with van der Waals surface area (Å²) in [6.07, 6.45) is 8.15. The zero-order valence-corrected chi connectivity index (χ0v) is 7.70. The summed E-state index contributed by atoms with van der Waals surface area (Å²) in [5.41, 5.74) is 0. The number of hydrogen-bond acceptors (Lipinski definition) is 2. The van der Waals surface area contributed by atoms with Gasteiger partial charge in [-0.1, -0.05) is 12.2 Å². The summed E-state index contributed by atoms with van der Waals surface area (Å²) in [5.74, 6) is 0. The molecule has 0 aromatic carbocycles. The summed E-state index contributed by atoms with van der Waals surface area (Å²) >= 11 is 0. The summed E-state index contributed by atoms with van der Waals surface area (Å²) in [6.45, 7) is 2.71. The molecule has 0 amide bonds. The van der Waals surface area contributed by atoms with E-state index in [1.807, 2.05) is 19.1 Å². The average Bonchev–Trinajstić information content (AvgIpc) is 2.09. The van der Waals surface area contributed by atoms with Crippen molar-refractivity contribution in [2.24, 2.45) is 0 Å². The van der Waals surface area contributed by atoms with Crippen LogP contribution in [0.1, 0.15) is 32.6 Å². The second-order valence-corrected chi connectivity index (χ2v) is 3.33. The van der Waals surface area contributed by atoms with Gasteiger partial charge in [0.25, 0.3) is 0 Å². The Morgan fingerprint density at radius 3 is 2.58 bits per heavy atom. The number of aliphatic hydroxyl groups is 1. The van der Waals surface area contributed by atoms with Gasteiger partial charge in [0.2, 0.25) is 0 Å². The fourth-order valence-electron chi connectivity index (χ4n) is 1.50. The molecule has 1 N–H and O–H groups in total. The highest BCUT2D eigenvalue weighted by atomic mass is 16.5. The van der Waals surface area contributed by atoms with Gasteiger partial charge in [0.1, 0.15) is 0 Å². The van der Waals surface area contributed by atoms with Crippen LogP contribution >= 0.6 is 0 Å². The number of allylic oxidation sites excluding steroid dienone is 1. The summed E-state index contributed by atoms with van der Waals surface area (Å²) in [5, 5.41) is 9.23. The van der Waals surface area contributed by atoms with Gasteiger partial charge in [-0.3, -0.25) is 0 Å². The van der Waals surface area contributed by atoms with Gasteiger partial charge >= 0.3 is 0 Å². The van der Waals surface area contributed by atoms with Crippen LogP contribution in [0.4, 0.5) is 0 Å². The van der Waals surface area contributed by atoms with Crippen LogP contribution in [0.15, 0.2) is 12.2 Å². The highest BCUT2D eigenvalue weighted by Gasteiger charge is 2.18. The predicted octanol–water partition coefficient (Wildman–Crippen LogP) is 1.88. The molecule has 0 radical (unpaired) electrons. The van der Waals surface area contributed by atoms with Crippen molar-refractivity contribution in [1.29, 1.82) is 0 Å². The van der Waals surface area contributed by atoms with E-state index in [0.29, 0.717) is 6.10 Å². The minimum absolute atomic E-state index is 0.0773. The van der Waals surface area contributed by atoms with Crippen LogP contribution < -0.4 is 0 Å². The highest BCUT2D eigenvalue weighted by molar-refractivity contribution is 4.78. The average molecular weight is 170 g/mol. The number of rotatable bonds is 3. The molecule has 0 aromatic rings. The van der Waals surface area contributed by atoms with Crippen molar-refractivity contribution in [2.45, 2.75) is 44.8 Å². The Labute approximate surface area is 74.2 Å². The molecule has 70 valence electrons. The second-order valence-electron chi connectivity index (χ2n) is 3.33. The van der Waals surface area contributed by atoms with Gasteiger partial charge in [-0.25, -0.2) is 0 Å². The van der Waals surface area contributed by atoms with Crippen molar-refractivity contribution in [3.8, 4) is 0 Å². The van der Waals surface area contributed by atoms with E-state index < -0.39 is 0 Å². The Balaban J connectivity index is 2.09. The van der Waals surface area contributed by atoms with E-state index >= 15 is 0 Å². The van der Waals surface area contributed by atoms with Crippen LogP contribution in [0.3, 0.4) is 0 Å². The number of ether oxygens (including phenoxy) is 1. The van der Waals surface area contributed by atoms with Gasteiger partial charge in [-0.15, -0.1) is 0 Å². The topological polar surface area (TPSA) is 29.5 Å². The number of hydrogen-bond donors (Lipinski definition) is 1. The Morgan fingerprint density at radius 1 is 1.33 bits per heavy atom. The molecule has 2 heteroatoms. The third-order valence-corrected chi connectivity index (χ3v) is 2.31. The maximum absolute atomic E-state index is 9.23. The van der Waals surface area contributed by atoms with Crippen molar-refractivity contribution < 1.29 is 9.84 Å². The lowest BCUT2D eigenvalue weighted by Gasteiger charge is -2.24. The third kappa shape index (κ3) is 3.37. The van der Waals surface area contributed by atoms with Crippen LogP contribution in [0, 0.1) is 0 Å². The van der Waals surface area contributed by atoms with Crippen molar-refractivity contribution in [3.05, 3.63) is 12.2 Å². The maximum atomic E-state index is 9.23. The molecule has 1 aliphatic rings. The van der Waals surface area contributed by atoms with Crippen LogP contribution in [-0.4, -0.2) is 23.9 Å². The van der Waals surface area contributed by atoms with E-state index in [2.05, 4.69) is 0 Å². The Morgan fingerprint density at radius 2 is 2.00 bits per heavy atom. The van der Waals surface area contributed by atoms with E-state index in [0.717, 1.165) is 32.3 Å². The van der Waals surface area contributed by atoms with Gasteiger partial charge in [0, 0.05) is 0 Å². The Bertz CT molecular complexity index is 135. The molecular formula is C10H18O2. The molecule has 0 heterocycles. The minimum Gasteiger partial charge on any atom is -0.393 e. The molecule has 0 atom stereocenters. The van der Waals surface area contributed by atoms with Gasteiger partial charge in [0.15, 0.2) is 0 Å². The molecular weight excluding hydrogens is 152 g/mol. The SMILES string of the molecule is C/C=C/COC1CCC(O)CC1. The predicted molar refractivity (Wildman–Crippen MR) is 49.0 cm³/mol. The first-order valence-electron chi connectivity index (χ1n) is 4.73. The first kappa shape index (κ1) is 9.75. The van der Waals surface area contributed by atoms with Crippen LogP contribution in [0.2, 0.25) is 0 Å². The van der Waals surface area contributed by atoms with Crippen molar-refractivity contribution in [3.63, 3.8) is 0 Å². The largest absolute Gasteiger partial charge is 0.393 e. The zero-order chi connectivity index (χ0) is 8.81. The lowest BCUT2D eigenvalue weighted by Crippen LogP contribution is -2.24. The molecule has 12 heavy (non-hydrogen) atoms. The molecule has 0 aromatic heterocycles. The van der Waals surface area contributed by atoms with E-state index in [1.165, 1.54) is 0 Å². The van der Waals surface area contributed by atoms with Gasteiger partial charge in [0.05, 0.1) is 18.8 Å². The van der Waals surface area contributed by atoms with Crippen molar-refractivity contribution in [2.75, 3.05) is 6.61 Å². The highest BCUT2D eigenvalue weighted by Crippen LogP contribution is 2.20. The fraction of sp³-hybridized carbons (Fsp3) is 0.800. The maximum Gasteiger partial charge on any atom is 0.0651 e. The standard InChI is InChI=1S/C10H18O2/c1-2-3-8-12-10-6-4-9(11)5-7-10/h2-3,9-11H,4-8H2,1H3/b3-2+. The third-order valence-electron chi connectivity index (χ3n) is 2.31. The summed E-state index contributed by atoms with van der Waals surface area (Å²) in [4.78, 5) is 0. The lowest BCUT2D eigenvalue weighted by molar-refractivity contribution is 0.00904. The van der Waals surface area contributed by atoms with Gasteiger partial charge in [-0.05, 0) is 32.6 Å². The molecule has 0 unspecified atom stereocenters. The zero-order valence-electron chi connectivity index (χ0n) is 7.70. The molecule has 0 saturated heterocycles. The summed E-state index contributed by atoms with van der Waals surface area (Å²) in [6, 6.07) is 0. The number of aliphatic hydroxyl groups excluding tert-OH is 1. The van der Waals surface area contributed by atoms with Crippen molar-refractivity contribution >= 4 is 0 Å². The first-order chi connectivity index (χ1) is 5.83. The fourth-order valence-corrected chi connectivity index (χ4v) is 1.50. The van der Waals surface area contributed by atoms with E-state index in [9.17, 15) is 5.11 Å². The molecule has 2 nitrogen and oxygen atoms in total. The molecule has 1 fully saturated rings. The minimum atomic E-state index is -0.0773. The second kappa shape index (κ2) is 5.33. The summed E-state index contributed by atoms with van der Waals surface area (Å²) < 4.78 is 5.57.